The highest BCUT2D eigenvalue weighted by molar-refractivity contribution is 7.92. The third-order valence-corrected chi connectivity index (χ3v) is 5.08. The molecule has 140 valence electrons. The summed E-state index contributed by atoms with van der Waals surface area (Å²) in [5.41, 5.74) is 1.89. The average molecular weight is 375 g/mol. The first-order chi connectivity index (χ1) is 12.3. The second-order valence-electron chi connectivity index (χ2n) is 6.56. The lowest BCUT2D eigenvalue weighted by Gasteiger charge is -2.10. The smallest absolute Gasteiger partial charge is 0.338 e. The van der Waals surface area contributed by atoms with E-state index in [4.69, 9.17) is 4.74 Å². The van der Waals surface area contributed by atoms with Gasteiger partial charge in [0.1, 0.15) is 0 Å². The van der Waals surface area contributed by atoms with E-state index in [1.165, 1.54) is 0 Å². The maximum absolute atomic E-state index is 12.5. The number of carbonyl (C=O) groups is 1. The van der Waals surface area contributed by atoms with Gasteiger partial charge in [-0.05, 0) is 60.7 Å². The molecule has 1 N–H and O–H groups in total. The topological polar surface area (TPSA) is 72.5 Å². The first-order valence-corrected chi connectivity index (χ1v) is 10.2. The molecule has 0 saturated carbocycles. The summed E-state index contributed by atoms with van der Waals surface area (Å²) in [6.07, 6.45) is 1.66. The van der Waals surface area contributed by atoms with Gasteiger partial charge < -0.3 is 4.74 Å². The fourth-order valence-electron chi connectivity index (χ4n) is 2.44. The molecule has 2 aromatic rings. The van der Waals surface area contributed by atoms with E-state index in [2.05, 4.69) is 18.6 Å². The Hall–Kier alpha value is -2.34. The van der Waals surface area contributed by atoms with Crippen LogP contribution in [-0.2, 0) is 21.2 Å². The Bertz CT molecular complexity index is 825. The molecule has 0 aliphatic heterocycles. The fraction of sp³-hybridized carbons (Fsp3) is 0.350. The summed E-state index contributed by atoms with van der Waals surface area (Å²) >= 11 is 0. The van der Waals surface area contributed by atoms with Crippen LogP contribution in [0.5, 0.6) is 0 Å². The van der Waals surface area contributed by atoms with Gasteiger partial charge in [-0.25, -0.2) is 13.2 Å². The maximum atomic E-state index is 12.5. The highest BCUT2D eigenvalue weighted by Gasteiger charge is 2.15. The lowest BCUT2D eigenvalue weighted by molar-refractivity contribution is 0.0505. The van der Waals surface area contributed by atoms with Crippen LogP contribution in [-0.4, -0.2) is 21.0 Å². The summed E-state index contributed by atoms with van der Waals surface area (Å²) in [6, 6.07) is 13.1. The molecule has 0 atom stereocenters. The van der Waals surface area contributed by atoms with Crippen molar-refractivity contribution >= 4 is 21.7 Å². The molecular weight excluding hydrogens is 350 g/mol. The lowest BCUT2D eigenvalue weighted by atomic mass is 10.0. The van der Waals surface area contributed by atoms with E-state index < -0.39 is 16.0 Å². The molecule has 0 aliphatic carbocycles. The number of carbonyl (C=O) groups excluding carboxylic acids is 1. The number of rotatable bonds is 8. The minimum atomic E-state index is -3.67. The number of sulfonamides is 1. The van der Waals surface area contributed by atoms with E-state index in [0.717, 1.165) is 18.4 Å². The van der Waals surface area contributed by atoms with Crippen LogP contribution in [0.4, 0.5) is 5.69 Å². The molecule has 0 radical (unpaired) electrons. The molecule has 0 unspecified atom stereocenters. The van der Waals surface area contributed by atoms with Gasteiger partial charge in [0.2, 0.25) is 0 Å². The highest BCUT2D eigenvalue weighted by Crippen LogP contribution is 2.18. The van der Waals surface area contributed by atoms with Crippen molar-refractivity contribution in [2.24, 2.45) is 5.92 Å². The zero-order chi connectivity index (χ0) is 19.2. The van der Waals surface area contributed by atoms with E-state index in [1.807, 2.05) is 19.1 Å². The Morgan fingerprint density at radius 2 is 1.65 bits per heavy atom. The highest BCUT2D eigenvalue weighted by atomic mass is 32.2. The monoisotopic (exact) mass is 375 g/mol. The van der Waals surface area contributed by atoms with E-state index in [1.54, 1.807) is 36.4 Å². The van der Waals surface area contributed by atoms with Crippen LogP contribution in [0.15, 0.2) is 53.4 Å². The van der Waals surface area contributed by atoms with Crippen LogP contribution < -0.4 is 4.72 Å². The van der Waals surface area contributed by atoms with Crippen molar-refractivity contribution in [3.63, 3.8) is 0 Å². The minimum Gasteiger partial charge on any atom is -0.462 e. The lowest BCUT2D eigenvalue weighted by Crippen LogP contribution is -2.13. The van der Waals surface area contributed by atoms with Crippen molar-refractivity contribution < 1.29 is 17.9 Å². The van der Waals surface area contributed by atoms with Crippen LogP contribution in [0, 0.1) is 5.92 Å². The molecule has 2 aromatic carbocycles. The average Bonchev–Trinajstić information content (AvgIpc) is 2.60. The summed E-state index contributed by atoms with van der Waals surface area (Å²) in [4.78, 5) is 12.0. The molecule has 0 saturated heterocycles. The van der Waals surface area contributed by atoms with Crippen molar-refractivity contribution in [2.75, 3.05) is 11.3 Å². The predicted molar refractivity (Wildman–Crippen MR) is 103 cm³/mol. The van der Waals surface area contributed by atoms with Gasteiger partial charge in [0, 0.05) is 5.69 Å². The molecule has 0 fully saturated rings. The second-order valence-corrected chi connectivity index (χ2v) is 8.24. The molecule has 26 heavy (non-hydrogen) atoms. The van der Waals surface area contributed by atoms with Crippen molar-refractivity contribution in [2.45, 2.75) is 38.5 Å². The molecule has 5 nitrogen and oxygen atoms in total. The second kappa shape index (κ2) is 8.85. The number of anilines is 1. The van der Waals surface area contributed by atoms with Gasteiger partial charge in [-0.2, -0.15) is 0 Å². The Labute approximate surface area is 155 Å². The third-order valence-electron chi connectivity index (χ3n) is 3.69. The van der Waals surface area contributed by atoms with Gasteiger partial charge >= 0.3 is 5.97 Å². The van der Waals surface area contributed by atoms with Gasteiger partial charge in [0.05, 0.1) is 17.1 Å². The molecule has 0 aromatic heterocycles. The maximum Gasteiger partial charge on any atom is 0.338 e. The van der Waals surface area contributed by atoms with Gasteiger partial charge in [-0.3, -0.25) is 4.72 Å². The van der Waals surface area contributed by atoms with E-state index in [0.29, 0.717) is 23.8 Å². The summed E-state index contributed by atoms with van der Waals surface area (Å²) < 4.78 is 32.6. The molecule has 0 spiro atoms. The molecular formula is C20H25NO4S. The van der Waals surface area contributed by atoms with Gasteiger partial charge in [-0.15, -0.1) is 0 Å². The van der Waals surface area contributed by atoms with Crippen molar-refractivity contribution in [3.8, 4) is 0 Å². The standard InChI is InChI=1S/C20H25NO4S/c1-4-13-25-20(22)17-7-9-18(10-8-17)21-26(23,24)19-11-5-16(6-12-19)14-15(2)3/h5-12,15,21H,4,13-14H2,1-3H3. The van der Waals surface area contributed by atoms with Crippen molar-refractivity contribution in [1.29, 1.82) is 0 Å². The SMILES string of the molecule is CCCOC(=O)c1ccc(NS(=O)(=O)c2ccc(CC(C)C)cc2)cc1. The van der Waals surface area contributed by atoms with Crippen LogP contribution in [0.3, 0.4) is 0 Å². The van der Waals surface area contributed by atoms with Crippen LogP contribution in [0.25, 0.3) is 0 Å². The Morgan fingerprint density at radius 3 is 2.19 bits per heavy atom. The van der Waals surface area contributed by atoms with Crippen molar-refractivity contribution in [3.05, 3.63) is 59.7 Å². The molecule has 6 heteroatoms. The number of benzene rings is 2. The molecule has 0 heterocycles. The van der Waals surface area contributed by atoms with E-state index >= 15 is 0 Å². The third kappa shape index (κ3) is 5.59. The Kier molecular flexibility index (Phi) is 6.80. The van der Waals surface area contributed by atoms with Crippen LogP contribution in [0.1, 0.15) is 43.1 Å². The zero-order valence-electron chi connectivity index (χ0n) is 15.4. The number of hydrogen-bond donors (Lipinski definition) is 1. The Morgan fingerprint density at radius 1 is 1.04 bits per heavy atom. The van der Waals surface area contributed by atoms with E-state index in [9.17, 15) is 13.2 Å². The molecule has 0 amide bonds. The largest absolute Gasteiger partial charge is 0.462 e. The summed E-state index contributed by atoms with van der Waals surface area (Å²) in [5.74, 6) is 0.0973. The molecule has 0 bridgehead atoms. The zero-order valence-corrected chi connectivity index (χ0v) is 16.2. The quantitative estimate of drug-likeness (QED) is 0.700. The summed E-state index contributed by atoms with van der Waals surface area (Å²) in [6.45, 7) is 6.52. The number of nitrogens with one attached hydrogen (secondary N) is 1. The van der Waals surface area contributed by atoms with E-state index in [-0.39, 0.29) is 4.90 Å². The number of ether oxygens (including phenoxy) is 1. The number of esters is 1. The van der Waals surface area contributed by atoms with Crippen LogP contribution in [0.2, 0.25) is 0 Å². The predicted octanol–water partition coefficient (Wildman–Crippen LogP) is 4.25. The minimum absolute atomic E-state index is 0.205. The number of hydrogen-bond acceptors (Lipinski definition) is 4. The molecule has 2 rings (SSSR count). The van der Waals surface area contributed by atoms with Crippen LogP contribution >= 0.6 is 0 Å². The van der Waals surface area contributed by atoms with Gasteiger partial charge in [-0.1, -0.05) is 32.9 Å². The van der Waals surface area contributed by atoms with Gasteiger partial charge in [0.15, 0.2) is 0 Å². The normalized spacial score (nSPS) is 11.4. The van der Waals surface area contributed by atoms with Crippen molar-refractivity contribution in [1.82, 2.24) is 0 Å². The van der Waals surface area contributed by atoms with Gasteiger partial charge in [0.25, 0.3) is 10.0 Å². The summed E-state index contributed by atoms with van der Waals surface area (Å²) in [7, 11) is -3.67. The fourth-order valence-corrected chi connectivity index (χ4v) is 3.50. The summed E-state index contributed by atoms with van der Waals surface area (Å²) in [5, 5.41) is 0. The Balaban J connectivity index is 2.07. The first-order valence-electron chi connectivity index (χ1n) is 8.70. The first kappa shape index (κ1) is 20.0. The molecule has 0 aliphatic rings.